The van der Waals surface area contributed by atoms with Gasteiger partial charge in [-0.2, -0.15) is 13.9 Å². The molecule has 0 aromatic heterocycles. The Morgan fingerprint density at radius 3 is 2.65 bits per heavy atom. The lowest BCUT2D eigenvalue weighted by Gasteiger charge is -2.34. The van der Waals surface area contributed by atoms with Crippen molar-refractivity contribution < 1.29 is 31.7 Å². The van der Waals surface area contributed by atoms with E-state index in [9.17, 15) is 18.0 Å². The predicted octanol–water partition coefficient (Wildman–Crippen LogP) is -1.31. The van der Waals surface area contributed by atoms with Crippen LogP contribution in [0.15, 0.2) is 0 Å². The lowest BCUT2D eigenvalue weighted by Crippen LogP contribution is -2.55. The highest BCUT2D eigenvalue weighted by molar-refractivity contribution is 7.80. The molecule has 2 atom stereocenters. The quantitative estimate of drug-likeness (QED) is 0.352. The molecule has 0 bridgehead atoms. The number of nitrogens with zero attached hydrogens (tertiary/aromatic N) is 1. The van der Waals surface area contributed by atoms with E-state index in [0.717, 1.165) is 24.3 Å². The van der Waals surface area contributed by atoms with Gasteiger partial charge in [0.05, 0.1) is 6.10 Å². The van der Waals surface area contributed by atoms with Gasteiger partial charge >= 0.3 is 16.4 Å². The molecule has 11 nitrogen and oxygen atoms in total. The number of carbonyl (C=O) groups is 2. The van der Waals surface area contributed by atoms with Crippen molar-refractivity contribution in [3.63, 3.8) is 0 Å². The molecule has 132 valence electrons. The number of carbonyl (C=O) groups excluding carboxylic acids is 2. The molecule has 2 aliphatic heterocycles. The number of likely N-dealkylation sites (tertiary alicyclic amines) is 1. The number of amides is 3. The summed E-state index contributed by atoms with van der Waals surface area (Å²) < 4.78 is 33.2. The maximum absolute atomic E-state index is 12.2. The first-order valence-corrected chi connectivity index (χ1v) is 8.62. The predicted molar refractivity (Wildman–Crippen MR) is 76.0 cm³/mol. The molecule has 2 rings (SSSR count). The Bertz CT molecular complexity index is 534. The van der Waals surface area contributed by atoms with Crippen molar-refractivity contribution in [2.45, 2.75) is 37.8 Å². The van der Waals surface area contributed by atoms with Gasteiger partial charge in [0.1, 0.15) is 6.04 Å². The molecular formula is C11H20N4O7S. The van der Waals surface area contributed by atoms with E-state index in [1.165, 1.54) is 0 Å². The zero-order valence-electron chi connectivity index (χ0n) is 12.4. The summed E-state index contributed by atoms with van der Waals surface area (Å²) in [7, 11) is -4.81. The number of piperidine rings is 1. The Labute approximate surface area is 133 Å². The minimum atomic E-state index is -4.81. The molecule has 0 spiro atoms. The average Bonchev–Trinajstić information content (AvgIpc) is 3.03. The first-order chi connectivity index (χ1) is 10.9. The Hall–Kier alpha value is -1.47. The Balaban J connectivity index is 1.88. The summed E-state index contributed by atoms with van der Waals surface area (Å²) in [6.45, 7) is 1.70. The number of hydroxylamine groups is 2. The SMILES string of the molecule is O=C(NOC1CCNC1)C1CCCCN1C(=O)NOS(=O)(=O)O. The van der Waals surface area contributed by atoms with Gasteiger partial charge in [0.15, 0.2) is 0 Å². The molecule has 0 aliphatic carbocycles. The molecule has 0 aromatic carbocycles. The van der Waals surface area contributed by atoms with Crippen molar-refractivity contribution in [2.24, 2.45) is 0 Å². The topological polar surface area (TPSA) is 146 Å². The molecule has 2 aliphatic rings. The third-order valence-corrected chi connectivity index (χ3v) is 3.94. The molecule has 2 unspecified atom stereocenters. The second-order valence-corrected chi connectivity index (χ2v) is 6.34. The molecular weight excluding hydrogens is 332 g/mol. The number of rotatable bonds is 5. The lowest BCUT2D eigenvalue weighted by atomic mass is 10.0. The number of urea groups is 1. The molecule has 0 aromatic rings. The van der Waals surface area contributed by atoms with Crippen LogP contribution in [0.5, 0.6) is 0 Å². The van der Waals surface area contributed by atoms with E-state index in [2.05, 4.69) is 15.1 Å². The van der Waals surface area contributed by atoms with Crippen LogP contribution in [0.1, 0.15) is 25.7 Å². The fourth-order valence-electron chi connectivity index (χ4n) is 2.53. The average molecular weight is 352 g/mol. The normalized spacial score (nSPS) is 25.2. The van der Waals surface area contributed by atoms with Crippen molar-refractivity contribution >= 4 is 22.3 Å². The summed E-state index contributed by atoms with van der Waals surface area (Å²) >= 11 is 0. The van der Waals surface area contributed by atoms with Gasteiger partial charge in [-0.1, -0.05) is 0 Å². The fourth-order valence-corrected chi connectivity index (χ4v) is 2.71. The summed E-state index contributed by atoms with van der Waals surface area (Å²) in [5.74, 6) is -0.487. The van der Waals surface area contributed by atoms with Gasteiger partial charge in [-0.15, -0.1) is 4.28 Å². The van der Waals surface area contributed by atoms with Crippen LogP contribution in [0.4, 0.5) is 4.79 Å². The van der Waals surface area contributed by atoms with E-state index < -0.39 is 28.4 Å². The molecule has 2 saturated heterocycles. The standard InChI is InChI=1S/C11H20N4O7S/c16-10(13-21-8-4-5-12-7-8)9-3-1-2-6-15(9)11(17)14-22-23(18,19)20/h8-9,12H,1-7H2,(H,13,16)(H,14,17)(H,18,19,20). The third-order valence-electron chi connectivity index (χ3n) is 3.64. The van der Waals surface area contributed by atoms with Crippen LogP contribution in [0, 0.1) is 0 Å². The zero-order valence-corrected chi connectivity index (χ0v) is 13.2. The molecule has 4 N–H and O–H groups in total. The van der Waals surface area contributed by atoms with Crippen molar-refractivity contribution in [3.8, 4) is 0 Å². The van der Waals surface area contributed by atoms with E-state index in [-0.39, 0.29) is 12.6 Å². The van der Waals surface area contributed by atoms with Crippen LogP contribution >= 0.6 is 0 Å². The van der Waals surface area contributed by atoms with Crippen LogP contribution in [0.25, 0.3) is 0 Å². The lowest BCUT2D eigenvalue weighted by molar-refractivity contribution is -0.143. The van der Waals surface area contributed by atoms with E-state index >= 15 is 0 Å². The smallest absolute Gasteiger partial charge is 0.314 e. The number of nitrogens with one attached hydrogen (secondary N) is 3. The summed E-state index contributed by atoms with van der Waals surface area (Å²) in [6.07, 6.45) is 2.48. The van der Waals surface area contributed by atoms with Gasteiger partial charge in [0.25, 0.3) is 5.91 Å². The van der Waals surface area contributed by atoms with Gasteiger partial charge in [0.2, 0.25) is 0 Å². The van der Waals surface area contributed by atoms with Crippen LogP contribution in [0.3, 0.4) is 0 Å². The van der Waals surface area contributed by atoms with Crippen LogP contribution in [-0.4, -0.2) is 61.6 Å². The number of hydrogen-bond donors (Lipinski definition) is 4. The molecule has 0 saturated carbocycles. The second kappa shape index (κ2) is 7.88. The highest BCUT2D eigenvalue weighted by atomic mass is 32.3. The number of hydrogen-bond acceptors (Lipinski definition) is 7. The van der Waals surface area contributed by atoms with Crippen LogP contribution < -0.4 is 16.3 Å². The largest absolute Gasteiger partial charge is 0.418 e. The Kier molecular flexibility index (Phi) is 6.12. The zero-order chi connectivity index (χ0) is 16.9. The van der Waals surface area contributed by atoms with Crippen LogP contribution in [-0.2, 0) is 24.3 Å². The van der Waals surface area contributed by atoms with Gasteiger partial charge < -0.3 is 10.2 Å². The molecule has 0 radical (unpaired) electrons. The first kappa shape index (κ1) is 17.9. The van der Waals surface area contributed by atoms with Gasteiger partial charge in [-0.05, 0) is 32.2 Å². The molecule has 3 amide bonds. The van der Waals surface area contributed by atoms with Crippen molar-refractivity contribution in [3.05, 3.63) is 0 Å². The summed E-state index contributed by atoms with van der Waals surface area (Å²) in [5, 5.41) is 3.09. The first-order valence-electron chi connectivity index (χ1n) is 7.25. The van der Waals surface area contributed by atoms with E-state index in [0.29, 0.717) is 19.4 Å². The van der Waals surface area contributed by atoms with E-state index in [4.69, 9.17) is 9.39 Å². The van der Waals surface area contributed by atoms with Gasteiger partial charge in [-0.25, -0.2) is 10.3 Å². The van der Waals surface area contributed by atoms with E-state index in [1.54, 1.807) is 5.48 Å². The monoisotopic (exact) mass is 352 g/mol. The van der Waals surface area contributed by atoms with Crippen LogP contribution in [0.2, 0.25) is 0 Å². The van der Waals surface area contributed by atoms with Gasteiger partial charge in [0, 0.05) is 13.1 Å². The summed E-state index contributed by atoms with van der Waals surface area (Å²) in [5.41, 5.74) is 3.94. The summed E-state index contributed by atoms with van der Waals surface area (Å²) in [4.78, 5) is 30.5. The van der Waals surface area contributed by atoms with E-state index in [1.807, 2.05) is 0 Å². The fraction of sp³-hybridized carbons (Fsp3) is 0.818. The Morgan fingerprint density at radius 2 is 2.00 bits per heavy atom. The van der Waals surface area contributed by atoms with Crippen molar-refractivity contribution in [1.29, 1.82) is 0 Å². The maximum atomic E-state index is 12.2. The van der Waals surface area contributed by atoms with Crippen molar-refractivity contribution in [1.82, 2.24) is 21.2 Å². The third kappa shape index (κ3) is 5.58. The molecule has 12 heteroatoms. The highest BCUT2D eigenvalue weighted by Gasteiger charge is 2.33. The van der Waals surface area contributed by atoms with Gasteiger partial charge in [-0.3, -0.25) is 14.2 Å². The molecule has 2 fully saturated rings. The molecule has 2 heterocycles. The molecule has 23 heavy (non-hydrogen) atoms. The second-order valence-electron chi connectivity index (χ2n) is 5.32. The highest BCUT2D eigenvalue weighted by Crippen LogP contribution is 2.17. The Morgan fingerprint density at radius 1 is 1.22 bits per heavy atom. The maximum Gasteiger partial charge on any atom is 0.418 e. The van der Waals surface area contributed by atoms with Crippen molar-refractivity contribution in [2.75, 3.05) is 19.6 Å². The minimum absolute atomic E-state index is 0.118. The summed E-state index contributed by atoms with van der Waals surface area (Å²) in [6, 6.07) is -1.73. The minimum Gasteiger partial charge on any atom is -0.314 e.